The molecule has 0 radical (unpaired) electrons. The lowest BCUT2D eigenvalue weighted by Crippen LogP contribution is -2.47. The van der Waals surface area contributed by atoms with Crippen LogP contribution in [-0.4, -0.2) is 50.9 Å². The van der Waals surface area contributed by atoms with Crippen LogP contribution in [0.5, 0.6) is 0 Å². The Bertz CT molecular complexity index is 430. The number of esters is 1. The molecule has 1 rings (SSSR count). The molecule has 20 heavy (non-hydrogen) atoms. The van der Waals surface area contributed by atoms with Crippen LogP contribution in [0.2, 0.25) is 0 Å². The normalized spacial score (nSPS) is 18.8. The van der Waals surface area contributed by atoms with Gasteiger partial charge in [0.25, 0.3) is 0 Å². The Morgan fingerprint density at radius 3 is 2.45 bits per heavy atom. The van der Waals surface area contributed by atoms with Gasteiger partial charge in [0.05, 0.1) is 13.4 Å². The van der Waals surface area contributed by atoms with Gasteiger partial charge in [0.15, 0.2) is 0 Å². The molecule has 0 aromatic rings. The van der Waals surface area contributed by atoms with Crippen LogP contribution in [0, 0.1) is 11.3 Å². The second-order valence-corrected chi connectivity index (χ2v) is 7.25. The summed E-state index contributed by atoms with van der Waals surface area (Å²) >= 11 is 0. The van der Waals surface area contributed by atoms with E-state index in [9.17, 15) is 13.2 Å². The summed E-state index contributed by atoms with van der Waals surface area (Å²) in [6.07, 6.45) is 8.05. The summed E-state index contributed by atoms with van der Waals surface area (Å²) in [5.74, 6) is -0.189. The molecule has 0 heterocycles. The molecular formula is C13H24N2O4S. The molecule has 1 atom stereocenters. The fourth-order valence-electron chi connectivity index (χ4n) is 2.79. The second-order valence-electron chi connectivity index (χ2n) is 5.32. The number of nitrogens with one attached hydrogen (secondary N) is 1. The topological polar surface area (TPSA) is 87.5 Å². The molecule has 1 fully saturated rings. The number of carbonyl (C=O) groups excluding carboxylic acids is 1. The van der Waals surface area contributed by atoms with Gasteiger partial charge < -0.3 is 10.1 Å². The van der Waals surface area contributed by atoms with E-state index in [2.05, 4.69) is 0 Å². The van der Waals surface area contributed by atoms with Crippen molar-refractivity contribution in [3.05, 3.63) is 0 Å². The van der Waals surface area contributed by atoms with Crippen LogP contribution in [0.4, 0.5) is 0 Å². The third kappa shape index (κ3) is 4.86. The molecule has 116 valence electrons. The number of ether oxygens (including phenoxy) is 1. The minimum Gasteiger partial charge on any atom is -0.468 e. The lowest BCUT2D eigenvalue weighted by atomic mass is 9.85. The Labute approximate surface area is 121 Å². The number of methoxy groups -OCH3 is 1. The zero-order valence-corrected chi connectivity index (χ0v) is 13.0. The third-order valence-corrected chi connectivity index (χ3v) is 5.05. The molecule has 0 bridgehead atoms. The monoisotopic (exact) mass is 304 g/mol. The van der Waals surface area contributed by atoms with E-state index >= 15 is 0 Å². The van der Waals surface area contributed by atoms with Gasteiger partial charge in [-0.2, -0.15) is 4.31 Å². The molecule has 1 aliphatic rings. The van der Waals surface area contributed by atoms with Gasteiger partial charge >= 0.3 is 5.97 Å². The first-order valence-corrected chi connectivity index (χ1v) is 8.78. The quantitative estimate of drug-likeness (QED) is 0.569. The number of hydrogen-bond donors (Lipinski definition) is 1. The molecule has 0 aromatic carbocycles. The summed E-state index contributed by atoms with van der Waals surface area (Å²) < 4.78 is 29.5. The molecule has 0 aliphatic heterocycles. The van der Waals surface area contributed by atoms with Crippen molar-refractivity contribution < 1.29 is 17.9 Å². The highest BCUT2D eigenvalue weighted by atomic mass is 32.2. The Kier molecular flexibility index (Phi) is 6.61. The minimum absolute atomic E-state index is 0.0919. The summed E-state index contributed by atoms with van der Waals surface area (Å²) in [5, 5.41) is 7.14. The first kappa shape index (κ1) is 17.1. The number of sulfonamides is 1. The summed E-state index contributed by atoms with van der Waals surface area (Å²) in [5.41, 5.74) is 0. The fourth-order valence-corrected chi connectivity index (χ4v) is 3.77. The first-order valence-electron chi connectivity index (χ1n) is 6.93. The molecule has 1 saturated carbocycles. The lowest BCUT2D eigenvalue weighted by Gasteiger charge is -2.31. The molecule has 1 aliphatic carbocycles. The third-order valence-electron chi connectivity index (χ3n) is 3.80. The average molecular weight is 304 g/mol. The van der Waals surface area contributed by atoms with Crippen LogP contribution in [0.1, 0.15) is 38.5 Å². The van der Waals surface area contributed by atoms with Crippen molar-refractivity contribution in [3.8, 4) is 0 Å². The Morgan fingerprint density at radius 2 is 2.00 bits per heavy atom. The fraction of sp³-hybridized carbons (Fsp3) is 0.846. The highest BCUT2D eigenvalue weighted by molar-refractivity contribution is 7.88. The molecule has 6 nitrogen and oxygen atoms in total. The first-order chi connectivity index (χ1) is 9.40. The zero-order valence-electron chi connectivity index (χ0n) is 12.2. The minimum atomic E-state index is -3.55. The van der Waals surface area contributed by atoms with Gasteiger partial charge in [0.2, 0.25) is 10.0 Å². The molecule has 0 saturated heterocycles. The van der Waals surface area contributed by atoms with E-state index < -0.39 is 22.0 Å². The van der Waals surface area contributed by atoms with Crippen molar-refractivity contribution in [3.63, 3.8) is 0 Å². The summed E-state index contributed by atoms with van der Waals surface area (Å²) in [6, 6.07) is -0.820. The van der Waals surface area contributed by atoms with Crippen LogP contribution < -0.4 is 0 Å². The van der Waals surface area contributed by atoms with Gasteiger partial charge in [0, 0.05) is 12.8 Å². The van der Waals surface area contributed by atoms with Crippen molar-refractivity contribution in [2.45, 2.75) is 44.6 Å². The standard InChI is InChI=1S/C13H24N2O4S/c1-19-13(16)12(10-11-6-4-3-5-7-11)15(9-8-14)20(2,17)18/h8,11-12,14H,3-7,9-10H2,1-2H3. The predicted molar refractivity (Wildman–Crippen MR) is 77.3 cm³/mol. The van der Waals surface area contributed by atoms with Gasteiger partial charge in [0.1, 0.15) is 6.04 Å². The van der Waals surface area contributed by atoms with Crippen LogP contribution in [0.15, 0.2) is 0 Å². The van der Waals surface area contributed by atoms with Gasteiger partial charge in [-0.25, -0.2) is 8.42 Å². The molecule has 1 unspecified atom stereocenters. The van der Waals surface area contributed by atoms with Crippen LogP contribution in [0.3, 0.4) is 0 Å². The van der Waals surface area contributed by atoms with E-state index in [1.807, 2.05) is 0 Å². The lowest BCUT2D eigenvalue weighted by molar-refractivity contribution is -0.145. The molecule has 7 heteroatoms. The van der Waals surface area contributed by atoms with E-state index in [0.29, 0.717) is 12.3 Å². The van der Waals surface area contributed by atoms with Crippen LogP contribution in [-0.2, 0) is 19.6 Å². The predicted octanol–water partition coefficient (Wildman–Crippen LogP) is 1.41. The van der Waals surface area contributed by atoms with Gasteiger partial charge in [-0.3, -0.25) is 4.79 Å². The summed E-state index contributed by atoms with van der Waals surface area (Å²) in [6.45, 7) is -0.0919. The second kappa shape index (κ2) is 7.73. The summed E-state index contributed by atoms with van der Waals surface area (Å²) in [4.78, 5) is 11.9. The van der Waals surface area contributed by atoms with E-state index in [-0.39, 0.29) is 6.54 Å². The molecule has 0 amide bonds. The van der Waals surface area contributed by atoms with Crippen molar-refractivity contribution in [2.75, 3.05) is 19.9 Å². The smallest absolute Gasteiger partial charge is 0.324 e. The highest BCUT2D eigenvalue weighted by Crippen LogP contribution is 2.29. The largest absolute Gasteiger partial charge is 0.468 e. The van der Waals surface area contributed by atoms with Gasteiger partial charge in [-0.15, -0.1) is 0 Å². The molecule has 0 aromatic heterocycles. The van der Waals surface area contributed by atoms with E-state index in [1.54, 1.807) is 0 Å². The number of hydrogen-bond acceptors (Lipinski definition) is 5. The Hall–Kier alpha value is -0.950. The van der Waals surface area contributed by atoms with Crippen molar-refractivity contribution >= 4 is 22.2 Å². The molecule has 1 N–H and O–H groups in total. The average Bonchev–Trinajstić information content (AvgIpc) is 2.41. The van der Waals surface area contributed by atoms with E-state index in [0.717, 1.165) is 42.5 Å². The maximum atomic E-state index is 11.9. The van der Waals surface area contributed by atoms with Crippen molar-refractivity contribution in [2.24, 2.45) is 5.92 Å². The zero-order chi connectivity index (χ0) is 15.2. The molecular weight excluding hydrogens is 280 g/mol. The SMILES string of the molecule is COC(=O)C(CC1CCCCC1)N(CC=N)S(C)(=O)=O. The van der Waals surface area contributed by atoms with Gasteiger partial charge in [-0.05, 0) is 12.3 Å². The number of nitrogens with zero attached hydrogens (tertiary/aromatic N) is 1. The maximum Gasteiger partial charge on any atom is 0.324 e. The van der Waals surface area contributed by atoms with Crippen LogP contribution in [0.25, 0.3) is 0 Å². The van der Waals surface area contributed by atoms with E-state index in [1.165, 1.54) is 13.5 Å². The Morgan fingerprint density at radius 1 is 1.40 bits per heavy atom. The van der Waals surface area contributed by atoms with Crippen LogP contribution >= 0.6 is 0 Å². The number of rotatable bonds is 7. The summed E-state index contributed by atoms with van der Waals surface area (Å²) in [7, 11) is -2.29. The maximum absolute atomic E-state index is 11.9. The van der Waals surface area contributed by atoms with Gasteiger partial charge in [-0.1, -0.05) is 32.1 Å². The highest BCUT2D eigenvalue weighted by Gasteiger charge is 2.34. The number of carbonyl (C=O) groups is 1. The Balaban J connectivity index is 2.90. The van der Waals surface area contributed by atoms with Crippen molar-refractivity contribution in [1.29, 1.82) is 5.41 Å². The molecule has 0 spiro atoms. The van der Waals surface area contributed by atoms with Crippen molar-refractivity contribution in [1.82, 2.24) is 4.31 Å². The van der Waals surface area contributed by atoms with E-state index in [4.69, 9.17) is 10.1 Å².